The van der Waals surface area contributed by atoms with Gasteiger partial charge in [-0.25, -0.2) is 4.39 Å². The molecular formula is C41H45FNO5PSi. The average molecular weight is 710 g/mol. The number of hydrogen-bond donors (Lipinski definition) is 1. The van der Waals surface area contributed by atoms with Gasteiger partial charge in [-0.05, 0) is 51.2 Å². The van der Waals surface area contributed by atoms with Crippen molar-refractivity contribution in [2.75, 3.05) is 13.3 Å². The number of para-hydroxylation sites is 1. The summed E-state index contributed by atoms with van der Waals surface area (Å²) in [4.78, 5) is 17.4. The molecule has 6 nitrogen and oxygen atoms in total. The Balaban J connectivity index is 1.64. The fourth-order valence-electron chi connectivity index (χ4n) is 6.73. The maximum absolute atomic E-state index is 14.8. The summed E-state index contributed by atoms with van der Waals surface area (Å²) in [5.74, 6) is 0.154. The van der Waals surface area contributed by atoms with E-state index >= 15 is 0 Å². The van der Waals surface area contributed by atoms with Crippen molar-refractivity contribution in [2.45, 2.75) is 58.1 Å². The first-order chi connectivity index (χ1) is 23.8. The second-order valence-corrected chi connectivity index (χ2v) is 20.6. The lowest BCUT2D eigenvalue weighted by Crippen LogP contribution is -2.68. The van der Waals surface area contributed by atoms with Crippen molar-refractivity contribution in [2.24, 2.45) is 0 Å². The van der Waals surface area contributed by atoms with Gasteiger partial charge in [0.1, 0.15) is 5.82 Å². The number of carboxylic acid groups (broad SMARTS) is 1. The van der Waals surface area contributed by atoms with E-state index in [0.29, 0.717) is 0 Å². The normalized spacial score (nSPS) is 14.2. The van der Waals surface area contributed by atoms with Crippen LogP contribution in [0.25, 0.3) is 28.1 Å². The molecule has 0 spiro atoms. The minimum atomic E-state index is -3.66. The van der Waals surface area contributed by atoms with Crippen molar-refractivity contribution in [3.63, 3.8) is 0 Å². The molecule has 0 saturated carbocycles. The molecule has 50 heavy (non-hydrogen) atoms. The maximum atomic E-state index is 14.8. The van der Waals surface area contributed by atoms with Gasteiger partial charge < -0.3 is 14.1 Å². The van der Waals surface area contributed by atoms with Crippen LogP contribution in [0.1, 0.15) is 58.2 Å². The number of fused-ring (bicyclic) bond motifs is 1. The fourth-order valence-corrected chi connectivity index (χ4v) is 13.1. The topological polar surface area (TPSA) is 85.7 Å². The molecule has 0 aliphatic heterocycles. The zero-order valence-electron chi connectivity index (χ0n) is 29.5. The van der Waals surface area contributed by atoms with Crippen molar-refractivity contribution in [3.05, 3.63) is 132 Å². The Labute approximate surface area is 295 Å². The maximum Gasteiger partial charge on any atom is 0.305 e. The lowest BCUT2D eigenvalue weighted by molar-refractivity contribution is -0.138. The number of benzene rings is 4. The second-order valence-electron chi connectivity index (χ2n) is 13.9. The van der Waals surface area contributed by atoms with Crippen LogP contribution in [0, 0.1) is 5.82 Å². The van der Waals surface area contributed by atoms with Gasteiger partial charge in [0, 0.05) is 29.4 Å². The molecule has 0 saturated heterocycles. The first-order valence-electron chi connectivity index (χ1n) is 16.8. The monoisotopic (exact) mass is 709 g/mol. The van der Waals surface area contributed by atoms with Crippen LogP contribution in [-0.4, -0.2) is 43.8 Å². The zero-order valence-corrected chi connectivity index (χ0v) is 31.4. The fraction of sp³-hybridized carbons (Fsp3) is 0.268. The van der Waals surface area contributed by atoms with Crippen molar-refractivity contribution in [3.8, 4) is 11.1 Å². The Bertz CT molecular complexity index is 1970. The molecule has 1 heterocycles. The van der Waals surface area contributed by atoms with Crippen LogP contribution < -0.4 is 10.4 Å². The third-order valence-corrected chi connectivity index (χ3v) is 16.3. The molecule has 1 aromatic heterocycles. The lowest BCUT2D eigenvalue weighted by atomic mass is 9.91. The van der Waals surface area contributed by atoms with Crippen LogP contribution in [0.15, 0.2) is 115 Å². The smallest absolute Gasteiger partial charge is 0.305 e. The highest BCUT2D eigenvalue weighted by molar-refractivity contribution is 7.62. The molecule has 5 rings (SSSR count). The highest BCUT2D eigenvalue weighted by atomic mass is 31.2. The highest BCUT2D eigenvalue weighted by Crippen LogP contribution is 2.51. The summed E-state index contributed by atoms with van der Waals surface area (Å²) in [6.45, 7) is 10.4. The summed E-state index contributed by atoms with van der Waals surface area (Å²) in [5.41, 5.74) is 3.95. The van der Waals surface area contributed by atoms with E-state index in [1.54, 1.807) is 24.0 Å². The van der Waals surface area contributed by atoms with Crippen LogP contribution in [-0.2, 0) is 18.3 Å². The molecule has 2 atom stereocenters. The molecule has 0 aliphatic rings. The standard InChI is InChI=1S/C41H45FNO5PSi/c1-29(2)40-36(39(30-21-23-31(42)24-22-30)35-19-13-14-20-37(35)43-40)25-26-49(46,47-6)28-32(27-38(44)45)48-50(41(3,4)5,33-15-9-7-10-16-33)34-17-11-8-12-18-34/h7-26,29,32H,27-28H2,1-6H3,(H,44,45)/b26-25+/t32-,49?/m0/s1. The van der Waals surface area contributed by atoms with E-state index in [9.17, 15) is 18.9 Å². The Morgan fingerprint density at radius 3 is 1.98 bits per heavy atom. The minimum Gasteiger partial charge on any atom is -0.481 e. The van der Waals surface area contributed by atoms with Gasteiger partial charge in [0.15, 0.2) is 0 Å². The zero-order chi connectivity index (χ0) is 36.1. The quantitative estimate of drug-likeness (QED) is 0.0969. The molecule has 0 amide bonds. The number of carbonyl (C=O) groups is 1. The molecule has 0 aliphatic carbocycles. The minimum absolute atomic E-state index is 0.00127. The van der Waals surface area contributed by atoms with Crippen LogP contribution in [0.2, 0.25) is 5.04 Å². The number of aliphatic carboxylic acids is 1. The largest absolute Gasteiger partial charge is 0.481 e. The van der Waals surface area contributed by atoms with E-state index in [2.05, 4.69) is 20.8 Å². The number of aromatic nitrogens is 1. The number of pyridine rings is 1. The van der Waals surface area contributed by atoms with Crippen LogP contribution in [0.3, 0.4) is 0 Å². The summed E-state index contributed by atoms with van der Waals surface area (Å²) < 4.78 is 41.8. The van der Waals surface area contributed by atoms with Crippen molar-refractivity contribution in [1.29, 1.82) is 0 Å². The van der Waals surface area contributed by atoms with Crippen LogP contribution in [0.4, 0.5) is 4.39 Å². The predicted octanol–water partition coefficient (Wildman–Crippen LogP) is 9.48. The van der Waals surface area contributed by atoms with Crippen molar-refractivity contribution >= 4 is 49.0 Å². The molecule has 0 bridgehead atoms. The van der Waals surface area contributed by atoms with E-state index < -0.39 is 32.8 Å². The molecule has 5 aromatic rings. The second kappa shape index (κ2) is 15.4. The molecule has 4 aromatic carbocycles. The Morgan fingerprint density at radius 1 is 0.900 bits per heavy atom. The molecule has 9 heteroatoms. The van der Waals surface area contributed by atoms with Crippen molar-refractivity contribution in [1.82, 2.24) is 4.98 Å². The van der Waals surface area contributed by atoms with E-state index in [1.807, 2.05) is 98.8 Å². The number of carboxylic acids is 1. The van der Waals surface area contributed by atoms with E-state index in [1.165, 1.54) is 19.2 Å². The van der Waals surface area contributed by atoms with Gasteiger partial charge in [-0.3, -0.25) is 14.3 Å². The predicted molar refractivity (Wildman–Crippen MR) is 204 cm³/mol. The molecular weight excluding hydrogens is 665 g/mol. The van der Waals surface area contributed by atoms with Crippen LogP contribution in [0.5, 0.6) is 0 Å². The van der Waals surface area contributed by atoms with Gasteiger partial charge in [0.05, 0.1) is 29.9 Å². The Hall–Kier alpha value is -4.20. The number of halogens is 1. The Kier molecular flexibility index (Phi) is 11.4. The third-order valence-electron chi connectivity index (χ3n) is 9.04. The molecule has 0 radical (unpaired) electrons. The van der Waals surface area contributed by atoms with Gasteiger partial charge in [-0.2, -0.15) is 0 Å². The van der Waals surface area contributed by atoms with E-state index in [4.69, 9.17) is 13.9 Å². The summed E-state index contributed by atoms with van der Waals surface area (Å²) >= 11 is 0. The van der Waals surface area contributed by atoms with Gasteiger partial charge >= 0.3 is 5.97 Å². The highest BCUT2D eigenvalue weighted by Gasteiger charge is 2.52. The summed E-state index contributed by atoms with van der Waals surface area (Å²) in [5, 5.41) is 12.6. The number of rotatable bonds is 13. The molecule has 1 unspecified atom stereocenters. The van der Waals surface area contributed by atoms with Crippen molar-refractivity contribution < 1.29 is 27.8 Å². The molecule has 0 fully saturated rings. The van der Waals surface area contributed by atoms with Gasteiger partial charge in [0.2, 0.25) is 7.37 Å². The van der Waals surface area contributed by atoms with Gasteiger partial charge in [0.25, 0.3) is 8.32 Å². The summed E-state index contributed by atoms with van der Waals surface area (Å²) in [7, 11) is -5.48. The molecule has 260 valence electrons. The van der Waals surface area contributed by atoms with E-state index in [0.717, 1.165) is 43.7 Å². The SMILES string of the molecule is COP(=O)(/C=C/c1c(C(C)C)nc2ccccc2c1-c1ccc(F)cc1)C[C@H](CC(=O)O)O[Si](c1ccccc1)(c1ccccc1)C(C)(C)C. The summed E-state index contributed by atoms with van der Waals surface area (Å²) in [6, 6.07) is 34.0. The average Bonchev–Trinajstić information content (AvgIpc) is 3.09. The first kappa shape index (κ1) is 37.1. The number of hydrogen-bond acceptors (Lipinski definition) is 5. The van der Waals surface area contributed by atoms with Gasteiger partial charge in [-0.15, -0.1) is 0 Å². The summed E-state index contributed by atoms with van der Waals surface area (Å²) in [6.07, 6.45) is 0.325. The number of nitrogens with zero attached hydrogens (tertiary/aromatic N) is 1. The van der Waals surface area contributed by atoms with Crippen LogP contribution >= 0.6 is 7.37 Å². The molecule has 1 N–H and O–H groups in total. The third kappa shape index (κ3) is 7.90. The van der Waals surface area contributed by atoms with E-state index in [-0.39, 0.29) is 24.3 Å². The van der Waals surface area contributed by atoms with Gasteiger partial charge in [-0.1, -0.05) is 126 Å². The Morgan fingerprint density at radius 2 is 1.46 bits per heavy atom. The lowest BCUT2D eigenvalue weighted by Gasteiger charge is -2.45. The first-order valence-corrected chi connectivity index (χ1v) is 20.6.